The zero-order valence-corrected chi connectivity index (χ0v) is 20.6. The molecular weight excluding hydrogens is 475 g/mol. The van der Waals surface area contributed by atoms with Gasteiger partial charge in [0.05, 0.1) is 51.2 Å². The summed E-state index contributed by atoms with van der Waals surface area (Å²) in [5.74, 6) is 1.000. The molecule has 6 heterocycles. The minimum Gasteiger partial charge on any atom is -0.368 e. The molecule has 12 heteroatoms. The first-order valence-corrected chi connectivity index (χ1v) is 11.9. The van der Waals surface area contributed by atoms with Crippen molar-refractivity contribution in [3.8, 4) is 28.6 Å². The molecule has 6 rings (SSSR count). The van der Waals surface area contributed by atoms with Gasteiger partial charge in [-0.1, -0.05) is 5.16 Å². The van der Waals surface area contributed by atoms with Gasteiger partial charge in [-0.3, -0.25) is 4.98 Å². The number of alkyl halides is 1. The fourth-order valence-corrected chi connectivity index (χ4v) is 5.10. The number of rotatable bonds is 4. The minimum atomic E-state index is -1.58. The van der Waals surface area contributed by atoms with Crippen molar-refractivity contribution in [1.29, 1.82) is 5.26 Å². The second-order valence-electron chi connectivity index (χ2n) is 9.24. The number of aromatic nitrogens is 8. The number of hydrogen-bond acceptors (Lipinski definition) is 9. The second-order valence-corrected chi connectivity index (χ2v) is 9.24. The molecule has 0 atom stereocenters. The average molecular weight is 499 g/mol. The Labute approximate surface area is 211 Å². The molecule has 0 radical (unpaired) electrons. The first kappa shape index (κ1) is 22.8. The minimum absolute atomic E-state index is 0.218. The van der Waals surface area contributed by atoms with Crippen LogP contribution in [0.15, 0.2) is 41.4 Å². The first-order chi connectivity index (χ1) is 17.9. The van der Waals surface area contributed by atoms with Crippen molar-refractivity contribution in [2.75, 3.05) is 18.0 Å². The van der Waals surface area contributed by atoms with Crippen LogP contribution in [0.4, 0.5) is 10.1 Å². The third kappa shape index (κ3) is 3.62. The summed E-state index contributed by atoms with van der Waals surface area (Å²) in [5.41, 5.74) is 3.88. The van der Waals surface area contributed by atoms with Crippen LogP contribution in [-0.4, -0.2) is 52.8 Å². The number of pyridine rings is 1. The summed E-state index contributed by atoms with van der Waals surface area (Å²) in [6, 6.07) is 7.76. The van der Waals surface area contributed by atoms with Gasteiger partial charge in [-0.15, -0.1) is 15.3 Å². The van der Waals surface area contributed by atoms with E-state index in [-0.39, 0.29) is 12.8 Å². The number of nitriles is 1. The van der Waals surface area contributed by atoms with E-state index in [0.717, 1.165) is 22.3 Å². The molecule has 5 aromatic heterocycles. The zero-order chi connectivity index (χ0) is 25.7. The summed E-state index contributed by atoms with van der Waals surface area (Å²) in [7, 11) is 1.74. The number of nitrogens with zero attached hydrogens (tertiary/aromatic N) is 10. The largest absolute Gasteiger partial charge is 0.368 e. The van der Waals surface area contributed by atoms with E-state index in [1.54, 1.807) is 30.1 Å². The molecule has 0 unspecified atom stereocenters. The Morgan fingerprint density at radius 3 is 2.65 bits per heavy atom. The maximum Gasteiger partial charge on any atom is 0.173 e. The van der Waals surface area contributed by atoms with Crippen LogP contribution in [0.2, 0.25) is 0 Å². The lowest BCUT2D eigenvalue weighted by atomic mass is 9.91. The highest BCUT2D eigenvalue weighted by Crippen LogP contribution is 2.41. The monoisotopic (exact) mass is 498 g/mol. The molecule has 0 spiro atoms. The third-order valence-electron chi connectivity index (χ3n) is 6.96. The van der Waals surface area contributed by atoms with Gasteiger partial charge in [0, 0.05) is 39.2 Å². The van der Waals surface area contributed by atoms with Gasteiger partial charge in [0.1, 0.15) is 18.2 Å². The van der Waals surface area contributed by atoms with Gasteiger partial charge in [0.15, 0.2) is 11.5 Å². The highest BCUT2D eigenvalue weighted by molar-refractivity contribution is 5.88. The molecule has 186 valence electrons. The molecule has 0 N–H and O–H groups in total. The third-order valence-corrected chi connectivity index (χ3v) is 6.96. The Kier molecular flexibility index (Phi) is 5.22. The molecule has 1 aliphatic rings. The van der Waals surface area contributed by atoms with E-state index in [1.807, 2.05) is 30.9 Å². The van der Waals surface area contributed by atoms with Crippen LogP contribution in [-0.2, 0) is 12.7 Å². The summed E-state index contributed by atoms with van der Waals surface area (Å²) in [6.45, 7) is 4.49. The van der Waals surface area contributed by atoms with Gasteiger partial charge in [0.2, 0.25) is 0 Å². The Morgan fingerprint density at radius 1 is 1.16 bits per heavy atom. The predicted octanol–water partition coefficient (Wildman–Crippen LogP) is 3.53. The smallest absolute Gasteiger partial charge is 0.173 e. The lowest BCUT2D eigenvalue weighted by molar-refractivity contribution is 0.109. The van der Waals surface area contributed by atoms with E-state index >= 15 is 4.39 Å². The standard InChI is InChI=1S/C25H23FN10O/c1-15-21(16(2)37-33-15)19-4-5-20-18(13-30-36(20)32-19)22-23(17(12-27)6-9-28-22)35-10-7-25(26,8-11-35)24-31-29-14-34(24)3/h4-6,9,13-14H,7-8,10-11H2,1-3H3. The van der Waals surface area contributed by atoms with Crippen LogP contribution in [0.3, 0.4) is 0 Å². The number of hydrogen-bond donors (Lipinski definition) is 0. The van der Waals surface area contributed by atoms with Gasteiger partial charge in [0.25, 0.3) is 0 Å². The van der Waals surface area contributed by atoms with Crippen LogP contribution >= 0.6 is 0 Å². The van der Waals surface area contributed by atoms with Crippen molar-refractivity contribution < 1.29 is 8.91 Å². The fraction of sp³-hybridized carbons (Fsp3) is 0.320. The van der Waals surface area contributed by atoms with E-state index in [1.165, 1.54) is 11.0 Å². The Bertz CT molecular complexity index is 1650. The van der Waals surface area contributed by atoms with Gasteiger partial charge in [-0.25, -0.2) is 4.39 Å². The number of fused-ring (bicyclic) bond motifs is 1. The number of aryl methyl sites for hydroxylation is 3. The highest BCUT2D eigenvalue weighted by Gasteiger charge is 2.41. The summed E-state index contributed by atoms with van der Waals surface area (Å²) >= 11 is 0. The van der Waals surface area contributed by atoms with Crippen LogP contribution in [0.25, 0.3) is 28.0 Å². The molecule has 1 fully saturated rings. The lowest BCUT2D eigenvalue weighted by Crippen LogP contribution is -2.42. The molecular formula is C25H23FN10O. The van der Waals surface area contributed by atoms with Gasteiger partial charge < -0.3 is 14.0 Å². The molecule has 0 aliphatic carbocycles. The van der Waals surface area contributed by atoms with Crippen molar-refractivity contribution in [3.63, 3.8) is 0 Å². The topological polar surface area (TPSA) is 127 Å². The molecule has 5 aromatic rings. The van der Waals surface area contributed by atoms with Crippen LogP contribution < -0.4 is 4.90 Å². The number of anilines is 1. The van der Waals surface area contributed by atoms with Crippen molar-refractivity contribution in [1.82, 2.24) is 39.7 Å². The summed E-state index contributed by atoms with van der Waals surface area (Å²) < 4.78 is 24.2. The van der Waals surface area contributed by atoms with Crippen molar-refractivity contribution in [3.05, 3.63) is 59.8 Å². The van der Waals surface area contributed by atoms with E-state index in [4.69, 9.17) is 4.52 Å². The predicted molar refractivity (Wildman–Crippen MR) is 131 cm³/mol. The summed E-state index contributed by atoms with van der Waals surface area (Å²) in [5, 5.41) is 30.9. The molecule has 1 aliphatic heterocycles. The highest BCUT2D eigenvalue weighted by atomic mass is 19.1. The normalized spacial score (nSPS) is 15.3. The second kappa shape index (κ2) is 8.48. The molecule has 0 bridgehead atoms. The maximum absolute atomic E-state index is 15.8. The molecule has 1 saturated heterocycles. The Balaban J connectivity index is 1.38. The fourth-order valence-electron chi connectivity index (χ4n) is 5.10. The van der Waals surface area contributed by atoms with Crippen molar-refractivity contribution in [2.24, 2.45) is 7.05 Å². The molecule has 0 amide bonds. The molecule has 37 heavy (non-hydrogen) atoms. The van der Waals surface area contributed by atoms with Crippen LogP contribution in [0, 0.1) is 25.2 Å². The van der Waals surface area contributed by atoms with E-state index in [2.05, 4.69) is 36.6 Å². The number of halogens is 1. The van der Waals surface area contributed by atoms with E-state index in [0.29, 0.717) is 47.3 Å². The van der Waals surface area contributed by atoms with Gasteiger partial charge in [-0.2, -0.15) is 15.0 Å². The summed E-state index contributed by atoms with van der Waals surface area (Å²) in [6.07, 6.45) is 5.24. The van der Waals surface area contributed by atoms with Gasteiger partial charge >= 0.3 is 0 Å². The average Bonchev–Trinajstić information content (AvgIpc) is 3.62. The van der Waals surface area contributed by atoms with Crippen LogP contribution in [0.5, 0.6) is 0 Å². The SMILES string of the molecule is Cc1noc(C)c1-c1ccc2c(-c3nccc(C#N)c3N3CCC(F)(c4nncn4C)CC3)cnn2n1. The zero-order valence-electron chi connectivity index (χ0n) is 20.6. The summed E-state index contributed by atoms with van der Waals surface area (Å²) in [4.78, 5) is 6.66. The Morgan fingerprint density at radius 2 is 1.97 bits per heavy atom. The Hall–Kier alpha value is -4.66. The van der Waals surface area contributed by atoms with E-state index in [9.17, 15) is 5.26 Å². The van der Waals surface area contributed by atoms with E-state index < -0.39 is 5.67 Å². The van der Waals surface area contributed by atoms with Crippen LogP contribution in [0.1, 0.15) is 35.7 Å². The molecule has 0 aromatic carbocycles. The van der Waals surface area contributed by atoms with Gasteiger partial charge in [-0.05, 0) is 32.0 Å². The van der Waals surface area contributed by atoms with Crippen molar-refractivity contribution >= 4 is 11.2 Å². The lowest BCUT2D eigenvalue weighted by Gasteiger charge is -2.37. The van der Waals surface area contributed by atoms with Crippen molar-refractivity contribution in [2.45, 2.75) is 32.4 Å². The quantitative estimate of drug-likeness (QED) is 0.366. The first-order valence-electron chi connectivity index (χ1n) is 11.9. The molecule has 0 saturated carbocycles. The molecule has 11 nitrogen and oxygen atoms in total. The number of piperidine rings is 1. The maximum atomic E-state index is 15.8.